The number of hydrogen-bond acceptors (Lipinski definition) is 4. The number of nitro groups is 1. The van der Waals surface area contributed by atoms with Gasteiger partial charge in [-0.15, -0.1) is 5.73 Å². The summed E-state index contributed by atoms with van der Waals surface area (Å²) >= 11 is 2.07. The first-order valence-electron chi connectivity index (χ1n) is 5.98. The van der Waals surface area contributed by atoms with E-state index in [0.29, 0.717) is 6.42 Å². The summed E-state index contributed by atoms with van der Waals surface area (Å²) in [7, 11) is 0. The molecule has 0 unspecified atom stereocenters. The summed E-state index contributed by atoms with van der Waals surface area (Å²) in [4.78, 5) is 21.9. The van der Waals surface area contributed by atoms with Crippen molar-refractivity contribution < 1.29 is 14.5 Å². The molecule has 0 spiro atoms. The maximum absolute atomic E-state index is 11.8. The maximum atomic E-state index is 11.8. The second-order valence-corrected chi connectivity index (χ2v) is 5.54. The van der Waals surface area contributed by atoms with Crippen molar-refractivity contribution in [2.75, 3.05) is 0 Å². The number of ether oxygens (including phenoxy) is 1. The Morgan fingerprint density at radius 2 is 2.29 bits per heavy atom. The summed E-state index contributed by atoms with van der Waals surface area (Å²) in [5, 5.41) is 10.7. The van der Waals surface area contributed by atoms with Crippen LogP contribution >= 0.6 is 22.6 Å². The van der Waals surface area contributed by atoms with Crippen LogP contribution in [0.4, 0.5) is 5.69 Å². The second-order valence-electron chi connectivity index (χ2n) is 4.15. The van der Waals surface area contributed by atoms with E-state index in [4.69, 9.17) is 4.74 Å². The third-order valence-corrected chi connectivity index (χ3v) is 3.24. The Balaban J connectivity index is 2.01. The molecule has 0 fully saturated rings. The number of esters is 1. The molecule has 0 aromatic heterocycles. The van der Waals surface area contributed by atoms with E-state index in [9.17, 15) is 14.9 Å². The van der Waals surface area contributed by atoms with Crippen molar-refractivity contribution in [3.8, 4) is 0 Å². The monoisotopic (exact) mass is 395 g/mol. The number of rotatable bonds is 5. The summed E-state index contributed by atoms with van der Waals surface area (Å²) in [6, 6.07) is 5.43. The van der Waals surface area contributed by atoms with Gasteiger partial charge in [-0.3, -0.25) is 10.1 Å². The summed E-state index contributed by atoms with van der Waals surface area (Å²) in [6.45, 7) is 0. The molecule has 2 rings (SSSR count). The molecule has 1 aliphatic rings. The van der Waals surface area contributed by atoms with Crippen LogP contribution < -0.4 is 0 Å². The molecule has 0 radical (unpaired) electrons. The van der Waals surface area contributed by atoms with Gasteiger partial charge in [-0.2, -0.15) is 0 Å². The highest BCUT2D eigenvalue weighted by Crippen LogP contribution is 2.20. The van der Waals surface area contributed by atoms with Crippen LogP contribution in [0.15, 0.2) is 63.6 Å². The number of benzene rings is 1. The minimum atomic E-state index is -0.626. The molecule has 106 valence electrons. The Kier molecular flexibility index (Phi) is 5.08. The lowest BCUT2D eigenvalue weighted by molar-refractivity contribution is -0.384. The van der Waals surface area contributed by atoms with Crippen LogP contribution in [-0.2, 0) is 4.74 Å². The van der Waals surface area contributed by atoms with Crippen molar-refractivity contribution in [1.29, 1.82) is 0 Å². The molecule has 0 saturated heterocycles. The third kappa shape index (κ3) is 4.40. The fourth-order valence-corrected chi connectivity index (χ4v) is 2.17. The Morgan fingerprint density at radius 1 is 1.48 bits per heavy atom. The molecule has 0 heterocycles. The third-order valence-electron chi connectivity index (χ3n) is 2.61. The van der Waals surface area contributed by atoms with E-state index < -0.39 is 10.9 Å². The van der Waals surface area contributed by atoms with E-state index in [0.717, 1.165) is 9.15 Å². The average Bonchev–Trinajstić information content (AvgIpc) is 2.97. The molecule has 21 heavy (non-hydrogen) atoms. The number of nitro benzene ring substituents is 1. The number of halogens is 1. The molecule has 0 saturated carbocycles. The quantitative estimate of drug-likeness (QED) is 0.188. The highest BCUT2D eigenvalue weighted by atomic mass is 127. The summed E-state index contributed by atoms with van der Waals surface area (Å²) in [6.07, 6.45) is 7.59. The molecule has 1 aromatic carbocycles. The van der Waals surface area contributed by atoms with E-state index in [1.54, 1.807) is 0 Å². The molecular weight excluding hydrogens is 385 g/mol. The lowest BCUT2D eigenvalue weighted by atomic mass is 10.2. The Morgan fingerprint density at radius 3 is 2.95 bits per heavy atom. The number of non-ortho nitro benzene ring substituents is 1. The van der Waals surface area contributed by atoms with Gasteiger partial charge in [0.15, 0.2) is 0 Å². The molecule has 5 nitrogen and oxygen atoms in total. The highest BCUT2D eigenvalue weighted by molar-refractivity contribution is 14.1. The van der Waals surface area contributed by atoms with E-state index in [2.05, 4.69) is 28.3 Å². The van der Waals surface area contributed by atoms with Crippen LogP contribution in [0.1, 0.15) is 16.8 Å². The molecular formula is C15H10INO4. The van der Waals surface area contributed by atoms with E-state index in [1.807, 2.05) is 18.2 Å². The van der Waals surface area contributed by atoms with Crippen molar-refractivity contribution in [2.45, 2.75) is 6.42 Å². The number of carbonyl (C=O) groups excluding carboxylic acids is 1. The van der Waals surface area contributed by atoms with Crippen LogP contribution in [0.2, 0.25) is 0 Å². The summed E-state index contributed by atoms with van der Waals surface area (Å²) in [5.74, 6) is -0.626. The standard InChI is InChI=1S/C15H10INO4/c16-13(8-11-4-1-2-5-11)10-21-15(18)12-6-3-7-14(9-12)17(19)20/h1-4,6-7,9-10H,8H2/b13-10-. The SMILES string of the molecule is O=C(O/C=C(\I)CC1=C=CC=C1)c1cccc([N+](=O)[O-])c1. The van der Waals surface area contributed by atoms with Crippen molar-refractivity contribution in [3.05, 3.63) is 79.3 Å². The fourth-order valence-electron chi connectivity index (χ4n) is 1.63. The van der Waals surface area contributed by atoms with E-state index >= 15 is 0 Å². The lowest BCUT2D eigenvalue weighted by Crippen LogP contribution is -2.01. The van der Waals surface area contributed by atoms with Gasteiger partial charge >= 0.3 is 5.97 Å². The van der Waals surface area contributed by atoms with Crippen molar-refractivity contribution >= 4 is 34.2 Å². The van der Waals surface area contributed by atoms with Crippen LogP contribution in [0.5, 0.6) is 0 Å². The second kappa shape index (κ2) is 7.01. The minimum absolute atomic E-state index is 0.143. The van der Waals surface area contributed by atoms with Crippen molar-refractivity contribution in [3.63, 3.8) is 0 Å². The smallest absolute Gasteiger partial charge is 0.343 e. The number of allylic oxidation sites excluding steroid dienone is 4. The largest absolute Gasteiger partial charge is 0.430 e. The van der Waals surface area contributed by atoms with E-state index in [-0.39, 0.29) is 11.3 Å². The maximum Gasteiger partial charge on any atom is 0.343 e. The molecule has 0 bridgehead atoms. The van der Waals surface area contributed by atoms with Gasteiger partial charge in [0.05, 0.1) is 10.5 Å². The van der Waals surface area contributed by atoms with Gasteiger partial charge in [0.1, 0.15) is 6.26 Å². The van der Waals surface area contributed by atoms with Crippen molar-refractivity contribution in [2.24, 2.45) is 0 Å². The molecule has 6 heteroatoms. The highest BCUT2D eigenvalue weighted by Gasteiger charge is 2.12. The van der Waals surface area contributed by atoms with Crippen molar-refractivity contribution in [1.82, 2.24) is 0 Å². The zero-order chi connectivity index (χ0) is 15.2. The molecule has 1 aliphatic carbocycles. The molecule has 0 N–H and O–H groups in total. The predicted octanol–water partition coefficient (Wildman–Crippen LogP) is 4.07. The van der Waals surface area contributed by atoms with Crippen LogP contribution in [0.25, 0.3) is 0 Å². The summed E-state index contributed by atoms with van der Waals surface area (Å²) in [5.41, 5.74) is 4.05. The zero-order valence-corrected chi connectivity index (χ0v) is 12.9. The van der Waals surface area contributed by atoms with Gasteiger partial charge in [-0.25, -0.2) is 4.79 Å². The first-order valence-corrected chi connectivity index (χ1v) is 7.06. The first kappa shape index (κ1) is 15.2. The first-order chi connectivity index (χ1) is 10.1. The number of nitrogens with zero attached hydrogens (tertiary/aromatic N) is 1. The van der Waals surface area contributed by atoms with Gasteiger partial charge in [-0.05, 0) is 40.3 Å². The Hall–Kier alpha value is -2.18. The number of carbonyl (C=O) groups is 1. The van der Waals surface area contributed by atoms with Gasteiger partial charge < -0.3 is 4.74 Å². The number of hydrogen-bond donors (Lipinski definition) is 0. The topological polar surface area (TPSA) is 69.4 Å². The van der Waals surface area contributed by atoms with Crippen LogP contribution in [0, 0.1) is 10.1 Å². The Bertz CT molecular complexity index is 712. The predicted molar refractivity (Wildman–Crippen MR) is 86.0 cm³/mol. The average molecular weight is 395 g/mol. The van der Waals surface area contributed by atoms with E-state index in [1.165, 1.54) is 30.5 Å². The molecule has 0 atom stereocenters. The van der Waals surface area contributed by atoms with Crippen LogP contribution in [-0.4, -0.2) is 10.9 Å². The zero-order valence-electron chi connectivity index (χ0n) is 10.8. The lowest BCUT2D eigenvalue weighted by Gasteiger charge is -2.01. The van der Waals surface area contributed by atoms with Crippen LogP contribution in [0.3, 0.4) is 0 Å². The fraction of sp³-hybridized carbons (Fsp3) is 0.0667. The van der Waals surface area contributed by atoms with Gasteiger partial charge in [0, 0.05) is 22.1 Å². The Labute approximate surface area is 134 Å². The molecule has 1 aromatic rings. The van der Waals surface area contributed by atoms with Gasteiger partial charge in [-0.1, -0.05) is 18.2 Å². The summed E-state index contributed by atoms with van der Waals surface area (Å²) < 4.78 is 5.86. The normalized spacial score (nSPS) is 13.2. The minimum Gasteiger partial charge on any atom is -0.430 e. The molecule has 0 aliphatic heterocycles. The van der Waals surface area contributed by atoms with Gasteiger partial charge in [0.2, 0.25) is 0 Å². The molecule has 0 amide bonds. The van der Waals surface area contributed by atoms with Gasteiger partial charge in [0.25, 0.3) is 5.69 Å².